The van der Waals surface area contributed by atoms with E-state index in [4.69, 9.17) is 5.11 Å². The first-order valence-electron chi connectivity index (χ1n) is 6.05. The standard InChI is InChI=1S/C12H22N4O/c1-5-13-11-9(3)12(16-10(4)15-11)14-8(2)6-7-17/h8,17H,5-7H2,1-4H3,(H2,13,14,15,16). The van der Waals surface area contributed by atoms with Gasteiger partial charge in [0.05, 0.1) is 0 Å². The molecule has 0 aliphatic carbocycles. The van der Waals surface area contributed by atoms with Crippen LogP contribution in [0.25, 0.3) is 0 Å². The molecule has 0 amide bonds. The van der Waals surface area contributed by atoms with Crippen molar-refractivity contribution < 1.29 is 5.11 Å². The zero-order chi connectivity index (χ0) is 12.8. The first-order chi connectivity index (χ1) is 8.08. The van der Waals surface area contributed by atoms with Gasteiger partial charge in [-0.25, -0.2) is 9.97 Å². The van der Waals surface area contributed by atoms with Gasteiger partial charge in [-0.05, 0) is 34.1 Å². The number of aliphatic hydroxyl groups excluding tert-OH is 1. The van der Waals surface area contributed by atoms with Crippen LogP contribution in [0.3, 0.4) is 0 Å². The van der Waals surface area contributed by atoms with Crippen LogP contribution in [0.4, 0.5) is 11.6 Å². The second-order valence-electron chi connectivity index (χ2n) is 4.18. The van der Waals surface area contributed by atoms with E-state index in [0.29, 0.717) is 6.42 Å². The third-order valence-electron chi connectivity index (χ3n) is 2.55. The molecular formula is C12H22N4O. The number of aromatic nitrogens is 2. The van der Waals surface area contributed by atoms with Crippen molar-refractivity contribution in [1.82, 2.24) is 9.97 Å². The Morgan fingerprint density at radius 1 is 1.24 bits per heavy atom. The Morgan fingerprint density at radius 2 is 1.88 bits per heavy atom. The highest BCUT2D eigenvalue weighted by molar-refractivity contribution is 5.57. The van der Waals surface area contributed by atoms with E-state index in [9.17, 15) is 0 Å². The average molecular weight is 238 g/mol. The van der Waals surface area contributed by atoms with Crippen LogP contribution < -0.4 is 10.6 Å². The molecule has 0 aromatic carbocycles. The quantitative estimate of drug-likeness (QED) is 0.704. The Balaban J connectivity index is 2.90. The molecule has 0 spiro atoms. The van der Waals surface area contributed by atoms with Crippen LogP contribution in [0.1, 0.15) is 31.7 Å². The topological polar surface area (TPSA) is 70.1 Å². The maximum atomic E-state index is 8.89. The molecule has 96 valence electrons. The molecule has 1 rings (SSSR count). The van der Waals surface area contributed by atoms with Gasteiger partial charge in [-0.1, -0.05) is 0 Å². The van der Waals surface area contributed by atoms with Crippen molar-refractivity contribution >= 4 is 11.6 Å². The molecule has 0 saturated carbocycles. The number of hydrogen-bond acceptors (Lipinski definition) is 5. The van der Waals surface area contributed by atoms with Crippen molar-refractivity contribution in [2.24, 2.45) is 0 Å². The molecule has 1 heterocycles. The molecule has 17 heavy (non-hydrogen) atoms. The summed E-state index contributed by atoms with van der Waals surface area (Å²) in [5, 5.41) is 15.4. The Morgan fingerprint density at radius 3 is 2.47 bits per heavy atom. The molecule has 3 N–H and O–H groups in total. The summed E-state index contributed by atoms with van der Waals surface area (Å²) in [7, 11) is 0. The summed E-state index contributed by atoms with van der Waals surface area (Å²) in [6, 6.07) is 0.197. The van der Waals surface area contributed by atoms with Crippen LogP contribution in [0.5, 0.6) is 0 Å². The number of rotatable bonds is 6. The first kappa shape index (κ1) is 13.7. The third-order valence-corrected chi connectivity index (χ3v) is 2.55. The molecule has 5 heteroatoms. The normalized spacial score (nSPS) is 12.3. The second-order valence-corrected chi connectivity index (χ2v) is 4.18. The largest absolute Gasteiger partial charge is 0.396 e. The number of nitrogens with zero attached hydrogens (tertiary/aromatic N) is 2. The van der Waals surface area contributed by atoms with Crippen molar-refractivity contribution in [2.75, 3.05) is 23.8 Å². The van der Waals surface area contributed by atoms with Crippen LogP contribution in [-0.2, 0) is 0 Å². The fourth-order valence-corrected chi connectivity index (χ4v) is 1.61. The van der Waals surface area contributed by atoms with Gasteiger partial charge in [0.25, 0.3) is 0 Å². The molecular weight excluding hydrogens is 216 g/mol. The molecule has 1 unspecified atom stereocenters. The molecule has 0 aliphatic heterocycles. The van der Waals surface area contributed by atoms with Gasteiger partial charge in [-0.3, -0.25) is 0 Å². The molecule has 0 radical (unpaired) electrons. The summed E-state index contributed by atoms with van der Waals surface area (Å²) in [5.74, 6) is 2.46. The van der Waals surface area contributed by atoms with E-state index in [2.05, 4.69) is 20.6 Å². The van der Waals surface area contributed by atoms with Gasteiger partial charge in [0.15, 0.2) is 0 Å². The molecule has 0 bridgehead atoms. The molecule has 0 saturated heterocycles. The van der Waals surface area contributed by atoms with Crippen LogP contribution in [0, 0.1) is 13.8 Å². The fraction of sp³-hybridized carbons (Fsp3) is 0.667. The van der Waals surface area contributed by atoms with Crippen LogP contribution >= 0.6 is 0 Å². The lowest BCUT2D eigenvalue weighted by atomic mass is 10.2. The highest BCUT2D eigenvalue weighted by Gasteiger charge is 2.10. The number of anilines is 2. The minimum Gasteiger partial charge on any atom is -0.396 e. The maximum absolute atomic E-state index is 8.89. The Bertz CT molecular complexity index is 368. The summed E-state index contributed by atoms with van der Waals surface area (Å²) in [6.45, 7) is 8.95. The minimum absolute atomic E-state index is 0.178. The summed E-state index contributed by atoms with van der Waals surface area (Å²) in [4.78, 5) is 8.76. The van der Waals surface area contributed by atoms with Crippen molar-refractivity contribution in [2.45, 2.75) is 40.2 Å². The number of nitrogens with one attached hydrogen (secondary N) is 2. The van der Waals surface area contributed by atoms with Crippen molar-refractivity contribution in [3.05, 3.63) is 11.4 Å². The Hall–Kier alpha value is -1.36. The van der Waals surface area contributed by atoms with Gasteiger partial charge in [-0.15, -0.1) is 0 Å². The van der Waals surface area contributed by atoms with Gasteiger partial charge in [0, 0.05) is 24.8 Å². The van der Waals surface area contributed by atoms with E-state index >= 15 is 0 Å². The molecule has 1 atom stereocenters. The lowest BCUT2D eigenvalue weighted by Gasteiger charge is -2.17. The van der Waals surface area contributed by atoms with Gasteiger partial charge in [0.2, 0.25) is 0 Å². The molecule has 0 aliphatic rings. The van der Waals surface area contributed by atoms with E-state index in [1.807, 2.05) is 27.7 Å². The highest BCUT2D eigenvalue weighted by Crippen LogP contribution is 2.20. The SMILES string of the molecule is CCNc1nc(C)nc(NC(C)CCO)c1C. The monoisotopic (exact) mass is 238 g/mol. The van der Waals surface area contributed by atoms with Gasteiger partial charge >= 0.3 is 0 Å². The molecule has 5 nitrogen and oxygen atoms in total. The summed E-state index contributed by atoms with van der Waals surface area (Å²) >= 11 is 0. The van der Waals surface area contributed by atoms with Crippen LogP contribution in [0.15, 0.2) is 0 Å². The van der Waals surface area contributed by atoms with Crippen LogP contribution in [0.2, 0.25) is 0 Å². The van der Waals surface area contributed by atoms with E-state index in [1.165, 1.54) is 0 Å². The Kier molecular flexibility index (Phi) is 5.15. The van der Waals surface area contributed by atoms with Crippen molar-refractivity contribution in [3.8, 4) is 0 Å². The van der Waals surface area contributed by atoms with E-state index in [-0.39, 0.29) is 12.6 Å². The number of hydrogen-bond donors (Lipinski definition) is 3. The lowest BCUT2D eigenvalue weighted by molar-refractivity contribution is 0.282. The third kappa shape index (κ3) is 3.85. The number of aliphatic hydroxyl groups is 1. The summed E-state index contributed by atoms with van der Waals surface area (Å²) in [6.07, 6.45) is 0.707. The van der Waals surface area contributed by atoms with Crippen molar-refractivity contribution in [1.29, 1.82) is 0 Å². The van der Waals surface area contributed by atoms with Gasteiger partial charge < -0.3 is 15.7 Å². The lowest BCUT2D eigenvalue weighted by Crippen LogP contribution is -2.19. The minimum atomic E-state index is 0.178. The van der Waals surface area contributed by atoms with E-state index in [1.54, 1.807) is 0 Å². The second kappa shape index (κ2) is 6.39. The number of aryl methyl sites for hydroxylation is 1. The molecule has 0 fully saturated rings. The zero-order valence-electron chi connectivity index (χ0n) is 11.0. The summed E-state index contributed by atoms with van der Waals surface area (Å²) in [5.41, 5.74) is 1.02. The average Bonchev–Trinajstić information content (AvgIpc) is 2.25. The van der Waals surface area contributed by atoms with Gasteiger partial charge in [-0.2, -0.15) is 0 Å². The fourth-order valence-electron chi connectivity index (χ4n) is 1.61. The predicted octanol–water partition coefficient (Wildman–Crippen LogP) is 1.71. The smallest absolute Gasteiger partial charge is 0.134 e. The molecule has 1 aromatic heterocycles. The molecule has 1 aromatic rings. The highest BCUT2D eigenvalue weighted by atomic mass is 16.3. The van der Waals surface area contributed by atoms with Gasteiger partial charge in [0.1, 0.15) is 17.5 Å². The zero-order valence-corrected chi connectivity index (χ0v) is 11.0. The van der Waals surface area contributed by atoms with Crippen molar-refractivity contribution in [3.63, 3.8) is 0 Å². The summed E-state index contributed by atoms with van der Waals surface area (Å²) < 4.78 is 0. The maximum Gasteiger partial charge on any atom is 0.134 e. The van der Waals surface area contributed by atoms with E-state index < -0.39 is 0 Å². The predicted molar refractivity (Wildman–Crippen MR) is 70.5 cm³/mol. The Labute approximate surface area is 103 Å². The van der Waals surface area contributed by atoms with E-state index in [0.717, 1.165) is 29.6 Å². The first-order valence-corrected chi connectivity index (χ1v) is 6.05. The van der Waals surface area contributed by atoms with Crippen LogP contribution in [-0.4, -0.2) is 34.3 Å².